The molecule has 2 aromatic rings. The number of hydrogen-bond donors (Lipinski definition) is 0. The predicted octanol–water partition coefficient (Wildman–Crippen LogP) is 2.78. The molecule has 1 aromatic carbocycles. The first-order chi connectivity index (χ1) is 10.2. The smallest absolute Gasteiger partial charge is 0.340 e. The summed E-state index contributed by atoms with van der Waals surface area (Å²) >= 11 is 0. The number of fused-ring (bicyclic) bond motifs is 3. The Bertz CT molecular complexity index is 728. The second-order valence-corrected chi connectivity index (χ2v) is 5.14. The van der Waals surface area contributed by atoms with Gasteiger partial charge >= 0.3 is 5.97 Å². The van der Waals surface area contributed by atoms with Gasteiger partial charge in [0.1, 0.15) is 0 Å². The third kappa shape index (κ3) is 1.98. The van der Waals surface area contributed by atoms with E-state index in [9.17, 15) is 9.59 Å². The lowest BCUT2D eigenvalue weighted by Gasteiger charge is -2.18. The highest BCUT2D eigenvalue weighted by molar-refractivity contribution is 6.02. The van der Waals surface area contributed by atoms with Gasteiger partial charge < -0.3 is 9.30 Å². The summed E-state index contributed by atoms with van der Waals surface area (Å²) < 4.78 is 6.94. The molecule has 3 rings (SSSR count). The maximum atomic E-state index is 12.2. The molecule has 4 nitrogen and oxygen atoms in total. The second-order valence-electron chi connectivity index (χ2n) is 5.14. The Morgan fingerprint density at radius 2 is 2.10 bits per heavy atom. The maximum absolute atomic E-state index is 12.2. The third-order valence-electron chi connectivity index (χ3n) is 4.05. The molecule has 0 spiro atoms. The van der Waals surface area contributed by atoms with E-state index in [-0.39, 0.29) is 0 Å². The van der Waals surface area contributed by atoms with Crippen LogP contribution in [0.15, 0.2) is 24.3 Å². The number of benzene rings is 1. The number of esters is 1. The molecule has 0 N–H and O–H groups in total. The van der Waals surface area contributed by atoms with Crippen molar-refractivity contribution in [3.05, 3.63) is 46.6 Å². The first kappa shape index (κ1) is 13.6. The SMILES string of the molecule is CCOC(=O)c1c2c(n(C)c1C=O)-c1ccccc1CC2. The molecule has 1 heterocycles. The number of aldehydes is 1. The van der Waals surface area contributed by atoms with Gasteiger partial charge in [0.2, 0.25) is 0 Å². The van der Waals surface area contributed by atoms with Crippen LogP contribution in [-0.2, 0) is 24.6 Å². The van der Waals surface area contributed by atoms with Crippen molar-refractivity contribution in [3.8, 4) is 11.3 Å². The summed E-state index contributed by atoms with van der Waals surface area (Å²) in [4.78, 5) is 23.7. The fourth-order valence-corrected chi connectivity index (χ4v) is 3.15. The molecule has 0 bridgehead atoms. The van der Waals surface area contributed by atoms with Crippen LogP contribution in [0.3, 0.4) is 0 Å². The van der Waals surface area contributed by atoms with Gasteiger partial charge in [0.05, 0.1) is 23.6 Å². The molecule has 1 aliphatic rings. The highest BCUT2D eigenvalue weighted by Gasteiger charge is 2.30. The summed E-state index contributed by atoms with van der Waals surface area (Å²) in [5.74, 6) is -0.407. The molecule has 0 fully saturated rings. The minimum Gasteiger partial charge on any atom is -0.462 e. The summed E-state index contributed by atoms with van der Waals surface area (Å²) in [6.45, 7) is 2.07. The third-order valence-corrected chi connectivity index (χ3v) is 4.05. The van der Waals surface area contributed by atoms with Crippen LogP contribution in [0.5, 0.6) is 0 Å². The first-order valence-corrected chi connectivity index (χ1v) is 7.11. The zero-order valence-corrected chi connectivity index (χ0v) is 12.2. The zero-order valence-electron chi connectivity index (χ0n) is 12.2. The Morgan fingerprint density at radius 1 is 1.33 bits per heavy atom. The van der Waals surface area contributed by atoms with Crippen molar-refractivity contribution < 1.29 is 14.3 Å². The number of nitrogens with zero attached hydrogens (tertiary/aromatic N) is 1. The fourth-order valence-electron chi connectivity index (χ4n) is 3.15. The van der Waals surface area contributed by atoms with Gasteiger partial charge in [0, 0.05) is 12.6 Å². The summed E-state index contributed by atoms with van der Waals surface area (Å²) in [5.41, 5.74) is 5.06. The largest absolute Gasteiger partial charge is 0.462 e. The van der Waals surface area contributed by atoms with E-state index in [0.717, 1.165) is 35.9 Å². The zero-order chi connectivity index (χ0) is 15.0. The van der Waals surface area contributed by atoms with Crippen LogP contribution < -0.4 is 0 Å². The quantitative estimate of drug-likeness (QED) is 0.643. The summed E-state index contributed by atoms with van der Waals surface area (Å²) in [5, 5.41) is 0. The molecular weight excluding hydrogens is 266 g/mol. The van der Waals surface area contributed by atoms with E-state index in [4.69, 9.17) is 4.74 Å². The van der Waals surface area contributed by atoms with Crippen molar-refractivity contribution in [2.24, 2.45) is 7.05 Å². The Kier molecular flexibility index (Phi) is 3.37. The molecular formula is C17H17NO3. The Hall–Kier alpha value is -2.36. The van der Waals surface area contributed by atoms with Gasteiger partial charge in [0.15, 0.2) is 6.29 Å². The van der Waals surface area contributed by atoms with Gasteiger partial charge in [-0.1, -0.05) is 24.3 Å². The Labute approximate surface area is 123 Å². The van der Waals surface area contributed by atoms with Crippen LogP contribution in [0.25, 0.3) is 11.3 Å². The molecule has 0 saturated heterocycles. The lowest BCUT2D eigenvalue weighted by molar-refractivity contribution is 0.0523. The lowest BCUT2D eigenvalue weighted by Crippen LogP contribution is -2.11. The molecule has 0 radical (unpaired) electrons. The van der Waals surface area contributed by atoms with Crippen LogP contribution in [-0.4, -0.2) is 23.4 Å². The second kappa shape index (κ2) is 5.20. The minimum absolute atomic E-state index is 0.303. The van der Waals surface area contributed by atoms with Crippen LogP contribution in [0.1, 0.15) is 38.9 Å². The highest BCUT2D eigenvalue weighted by atomic mass is 16.5. The van der Waals surface area contributed by atoms with Crippen molar-refractivity contribution in [1.29, 1.82) is 0 Å². The number of carbonyl (C=O) groups excluding carboxylic acids is 2. The van der Waals surface area contributed by atoms with Crippen molar-refractivity contribution in [3.63, 3.8) is 0 Å². The predicted molar refractivity (Wildman–Crippen MR) is 79.6 cm³/mol. The minimum atomic E-state index is -0.407. The molecule has 0 saturated carbocycles. The van der Waals surface area contributed by atoms with Crippen LogP contribution in [0.2, 0.25) is 0 Å². The number of hydrogen-bond acceptors (Lipinski definition) is 3. The molecule has 21 heavy (non-hydrogen) atoms. The standard InChI is InChI=1S/C17H17NO3/c1-3-21-17(20)15-13-9-8-11-6-4-5-7-12(11)16(13)18(2)14(15)10-19/h4-7,10H,3,8-9H2,1-2H3. The average molecular weight is 283 g/mol. The van der Waals surface area contributed by atoms with Crippen LogP contribution in [0.4, 0.5) is 0 Å². The molecule has 0 amide bonds. The number of carbonyl (C=O) groups is 2. The molecule has 1 aromatic heterocycles. The molecule has 4 heteroatoms. The molecule has 0 aliphatic heterocycles. The summed E-state index contributed by atoms with van der Waals surface area (Å²) in [7, 11) is 1.83. The Morgan fingerprint density at radius 3 is 2.81 bits per heavy atom. The normalized spacial score (nSPS) is 12.5. The number of aromatic nitrogens is 1. The lowest BCUT2D eigenvalue weighted by atomic mass is 9.88. The monoisotopic (exact) mass is 283 g/mol. The number of rotatable bonds is 3. The molecule has 0 atom stereocenters. The topological polar surface area (TPSA) is 48.3 Å². The number of aryl methyl sites for hydroxylation is 1. The van der Waals surface area contributed by atoms with Crippen molar-refractivity contribution in [2.75, 3.05) is 6.61 Å². The van der Waals surface area contributed by atoms with Crippen molar-refractivity contribution in [2.45, 2.75) is 19.8 Å². The molecule has 1 aliphatic carbocycles. The van der Waals surface area contributed by atoms with Gasteiger partial charge in [-0.3, -0.25) is 4.79 Å². The van der Waals surface area contributed by atoms with Gasteiger partial charge in [-0.15, -0.1) is 0 Å². The van der Waals surface area contributed by atoms with Crippen molar-refractivity contribution >= 4 is 12.3 Å². The highest BCUT2D eigenvalue weighted by Crippen LogP contribution is 2.38. The van der Waals surface area contributed by atoms with E-state index >= 15 is 0 Å². The van der Waals surface area contributed by atoms with Gasteiger partial charge in [-0.05, 0) is 30.9 Å². The number of ether oxygens (including phenoxy) is 1. The van der Waals surface area contributed by atoms with Crippen molar-refractivity contribution in [1.82, 2.24) is 4.57 Å². The van der Waals surface area contributed by atoms with Gasteiger partial charge in [-0.25, -0.2) is 4.79 Å². The van der Waals surface area contributed by atoms with Gasteiger partial charge in [-0.2, -0.15) is 0 Å². The van der Waals surface area contributed by atoms with E-state index in [0.29, 0.717) is 17.9 Å². The van der Waals surface area contributed by atoms with Crippen LogP contribution >= 0.6 is 0 Å². The van der Waals surface area contributed by atoms with E-state index in [2.05, 4.69) is 6.07 Å². The fraction of sp³-hybridized carbons (Fsp3) is 0.294. The Balaban J connectivity index is 2.27. The van der Waals surface area contributed by atoms with E-state index in [1.807, 2.05) is 29.8 Å². The van der Waals surface area contributed by atoms with E-state index < -0.39 is 5.97 Å². The van der Waals surface area contributed by atoms with Crippen LogP contribution in [0, 0.1) is 0 Å². The maximum Gasteiger partial charge on any atom is 0.340 e. The molecule has 108 valence electrons. The summed E-state index contributed by atoms with van der Waals surface area (Å²) in [6.07, 6.45) is 2.37. The average Bonchev–Trinajstić information content (AvgIpc) is 2.80. The first-order valence-electron chi connectivity index (χ1n) is 7.11. The molecule has 0 unspecified atom stereocenters. The van der Waals surface area contributed by atoms with E-state index in [1.54, 1.807) is 6.92 Å². The summed E-state index contributed by atoms with van der Waals surface area (Å²) in [6, 6.07) is 8.12. The van der Waals surface area contributed by atoms with E-state index in [1.165, 1.54) is 5.56 Å². The van der Waals surface area contributed by atoms with Gasteiger partial charge in [0.25, 0.3) is 0 Å².